The minimum absolute atomic E-state index is 0.0448. The smallest absolute Gasteiger partial charge is 0.269 e. The molecule has 0 aromatic heterocycles. The molecule has 5 rings (SSSR count). The van der Waals surface area contributed by atoms with Gasteiger partial charge in [0.1, 0.15) is 17.6 Å². The number of ether oxygens (including phenoxy) is 3. The van der Waals surface area contributed by atoms with Crippen molar-refractivity contribution < 1.29 is 33.7 Å². The third kappa shape index (κ3) is 5.18. The number of hydrogen-bond donors (Lipinski definition) is 2. The molecule has 0 spiro atoms. The van der Waals surface area contributed by atoms with Crippen LogP contribution in [0.4, 0.5) is 11.4 Å². The monoisotopic (exact) mass is 554 g/mol. The molecule has 3 aliphatic rings. The highest BCUT2D eigenvalue weighted by Gasteiger charge is 2.48. The highest BCUT2D eigenvalue weighted by atomic mass is 28.4. The Morgan fingerprint density at radius 1 is 1.21 bits per heavy atom. The Bertz CT molecular complexity index is 1230. The number of anilines is 2. The number of para-hydroxylation sites is 2. The molecule has 5 atom stereocenters. The second-order valence-electron chi connectivity index (χ2n) is 11.3. The van der Waals surface area contributed by atoms with Crippen molar-refractivity contribution >= 4 is 31.5 Å². The van der Waals surface area contributed by atoms with Crippen molar-refractivity contribution in [3.8, 4) is 11.5 Å². The number of benzene rings is 2. The maximum Gasteiger partial charge on any atom is 0.269 e. The molecule has 2 aromatic carbocycles. The molecular formula is C29H38N2O7Si. The summed E-state index contributed by atoms with van der Waals surface area (Å²) < 4.78 is 18.2. The lowest BCUT2D eigenvalue weighted by Crippen LogP contribution is -2.50. The summed E-state index contributed by atoms with van der Waals surface area (Å²) in [6.07, 6.45) is 1.02. The van der Waals surface area contributed by atoms with E-state index in [-0.39, 0.29) is 55.1 Å². The minimum atomic E-state index is -2.87. The van der Waals surface area contributed by atoms with Gasteiger partial charge in [0.05, 0.1) is 24.4 Å². The molecular weight excluding hydrogens is 516 g/mol. The number of nitrogens with zero attached hydrogens (tertiary/aromatic N) is 2. The molecule has 39 heavy (non-hydrogen) atoms. The highest BCUT2D eigenvalue weighted by molar-refractivity contribution is 6.71. The van der Waals surface area contributed by atoms with Crippen molar-refractivity contribution in [2.24, 2.45) is 5.92 Å². The molecule has 0 saturated carbocycles. The van der Waals surface area contributed by atoms with Crippen molar-refractivity contribution in [3.63, 3.8) is 0 Å². The third-order valence-electron chi connectivity index (χ3n) is 8.38. The van der Waals surface area contributed by atoms with Gasteiger partial charge >= 0.3 is 0 Å². The maximum atomic E-state index is 13.4. The van der Waals surface area contributed by atoms with Crippen LogP contribution in [-0.4, -0.2) is 73.9 Å². The third-order valence-corrected chi connectivity index (χ3v) is 10.7. The largest absolute Gasteiger partial charge is 0.490 e. The summed E-state index contributed by atoms with van der Waals surface area (Å²) in [5, 5.41) is 9.73. The first kappa shape index (κ1) is 27.6. The van der Waals surface area contributed by atoms with Gasteiger partial charge in [-0.1, -0.05) is 19.1 Å². The molecule has 1 saturated heterocycles. The van der Waals surface area contributed by atoms with Crippen molar-refractivity contribution in [3.05, 3.63) is 48.0 Å². The van der Waals surface area contributed by atoms with Crippen molar-refractivity contribution in [2.45, 2.75) is 63.1 Å². The topological polar surface area (TPSA) is 109 Å². The van der Waals surface area contributed by atoms with E-state index in [0.29, 0.717) is 29.4 Å². The van der Waals surface area contributed by atoms with Gasteiger partial charge in [0.15, 0.2) is 14.9 Å². The average Bonchev–Trinajstić information content (AvgIpc) is 3.40. The normalized spacial score (nSPS) is 25.4. The lowest BCUT2D eigenvalue weighted by atomic mass is 9.86. The molecule has 9 nitrogen and oxygen atoms in total. The second-order valence-corrected chi connectivity index (χ2v) is 15.4. The molecule has 210 valence electrons. The fourth-order valence-electron chi connectivity index (χ4n) is 6.32. The molecule has 0 aliphatic carbocycles. The fraction of sp³-hybridized carbons (Fsp3) is 0.517. The van der Waals surface area contributed by atoms with E-state index in [1.165, 1.54) is 0 Å². The van der Waals surface area contributed by atoms with Crippen molar-refractivity contribution in [2.75, 3.05) is 31.8 Å². The SMILES string of the molecule is CO[C@H]1c2cc(N3C(=O)COc4ccccc43)ccc2O[C@@H](C(CC(=O)N2CCC[C@H]2CO)[Si](C)(C)O)[C@@H]1C. The molecule has 1 fully saturated rings. The number of likely N-dealkylation sites (tertiary alicyclic amines) is 1. The Labute approximate surface area is 230 Å². The van der Waals surface area contributed by atoms with E-state index < -0.39 is 14.4 Å². The lowest BCUT2D eigenvalue weighted by Gasteiger charge is -2.44. The Balaban J connectivity index is 1.46. The van der Waals surface area contributed by atoms with Gasteiger partial charge < -0.3 is 29.0 Å². The van der Waals surface area contributed by atoms with E-state index in [9.17, 15) is 19.5 Å². The number of hydrogen-bond acceptors (Lipinski definition) is 7. The van der Waals surface area contributed by atoms with E-state index in [2.05, 4.69) is 0 Å². The zero-order valence-corrected chi connectivity index (χ0v) is 24.0. The van der Waals surface area contributed by atoms with Gasteiger partial charge in [-0.05, 0) is 56.3 Å². The number of carbonyl (C=O) groups is 2. The van der Waals surface area contributed by atoms with Crippen LogP contribution >= 0.6 is 0 Å². The summed E-state index contributed by atoms with van der Waals surface area (Å²) in [6.45, 7) is 6.24. The van der Waals surface area contributed by atoms with Crippen LogP contribution in [0.2, 0.25) is 18.6 Å². The molecule has 10 heteroatoms. The first-order valence-corrected chi connectivity index (χ1v) is 16.7. The Hall–Kier alpha value is -2.92. The quantitative estimate of drug-likeness (QED) is 0.502. The van der Waals surface area contributed by atoms with Gasteiger partial charge in [-0.25, -0.2) is 0 Å². The maximum absolute atomic E-state index is 13.4. The molecule has 2 aromatic rings. The van der Waals surface area contributed by atoms with E-state index in [0.717, 1.165) is 18.4 Å². The van der Waals surface area contributed by atoms with Gasteiger partial charge in [-0.3, -0.25) is 14.5 Å². The predicted octanol–water partition coefficient (Wildman–Crippen LogP) is 3.77. The first-order chi connectivity index (χ1) is 18.6. The van der Waals surface area contributed by atoms with Crippen molar-refractivity contribution in [1.29, 1.82) is 0 Å². The molecule has 0 bridgehead atoms. The fourth-order valence-corrected chi connectivity index (χ4v) is 8.17. The zero-order chi connectivity index (χ0) is 27.9. The molecule has 2 amide bonds. The van der Waals surface area contributed by atoms with Crippen LogP contribution in [0.1, 0.15) is 37.9 Å². The number of rotatable bonds is 7. The van der Waals surface area contributed by atoms with Crippen LogP contribution in [0.3, 0.4) is 0 Å². The van der Waals surface area contributed by atoms with Crippen LogP contribution in [0.25, 0.3) is 0 Å². The number of aliphatic hydroxyl groups is 1. The van der Waals surface area contributed by atoms with E-state index >= 15 is 0 Å². The van der Waals surface area contributed by atoms with Gasteiger partial charge in [0, 0.05) is 42.8 Å². The zero-order valence-electron chi connectivity index (χ0n) is 23.0. The molecule has 1 unspecified atom stereocenters. The molecule has 3 aliphatic heterocycles. The van der Waals surface area contributed by atoms with Crippen LogP contribution in [-0.2, 0) is 14.3 Å². The first-order valence-electron chi connectivity index (χ1n) is 13.6. The molecule has 2 N–H and O–H groups in total. The van der Waals surface area contributed by atoms with Gasteiger partial charge in [0.25, 0.3) is 5.91 Å². The van der Waals surface area contributed by atoms with Crippen molar-refractivity contribution in [1.82, 2.24) is 4.90 Å². The summed E-state index contributed by atoms with van der Waals surface area (Å²) >= 11 is 0. The van der Waals surface area contributed by atoms with Crippen LogP contribution in [0, 0.1) is 5.92 Å². The summed E-state index contributed by atoms with van der Waals surface area (Å²) in [4.78, 5) is 41.0. The van der Waals surface area contributed by atoms with Gasteiger partial charge in [-0.15, -0.1) is 0 Å². The Kier molecular flexibility index (Phi) is 7.74. The summed E-state index contributed by atoms with van der Waals surface area (Å²) in [6, 6.07) is 12.9. The van der Waals surface area contributed by atoms with E-state index in [1.807, 2.05) is 62.5 Å². The highest BCUT2D eigenvalue weighted by Crippen LogP contribution is 2.48. The van der Waals surface area contributed by atoms with Crippen LogP contribution in [0.5, 0.6) is 11.5 Å². The summed E-state index contributed by atoms with van der Waals surface area (Å²) in [7, 11) is -1.22. The summed E-state index contributed by atoms with van der Waals surface area (Å²) in [5.74, 6) is 0.871. The lowest BCUT2D eigenvalue weighted by molar-refractivity contribution is -0.133. The second kappa shape index (κ2) is 10.9. The Morgan fingerprint density at radius 2 is 1.97 bits per heavy atom. The standard InChI is InChI=1S/C29H38N2O7Si/c1-18-28(36-2)21-14-19(31-22-9-5-6-10-24(22)37-17-27(31)34)11-12-23(21)38-29(18)25(39(3,4)35)15-26(33)30-13-7-8-20(30)16-32/h5-6,9-12,14,18,20,25,28-29,32,35H,7-8,13,15-17H2,1-4H3/t18-,20+,25?,28-,29-/m1/s1. The molecule has 0 radical (unpaired) electrons. The average molecular weight is 555 g/mol. The number of amides is 2. The molecule has 3 heterocycles. The van der Waals surface area contributed by atoms with Gasteiger partial charge in [0.2, 0.25) is 5.91 Å². The number of methoxy groups -OCH3 is 1. The summed E-state index contributed by atoms with van der Waals surface area (Å²) in [5.41, 5.74) is 1.81. The minimum Gasteiger partial charge on any atom is -0.490 e. The van der Waals surface area contributed by atoms with E-state index in [1.54, 1.807) is 16.9 Å². The van der Waals surface area contributed by atoms with E-state index in [4.69, 9.17) is 14.2 Å². The Morgan fingerprint density at radius 3 is 2.69 bits per heavy atom. The number of fused-ring (bicyclic) bond motifs is 2. The van der Waals surface area contributed by atoms with Crippen LogP contribution < -0.4 is 14.4 Å². The van der Waals surface area contributed by atoms with Crippen LogP contribution in [0.15, 0.2) is 42.5 Å². The predicted molar refractivity (Wildman–Crippen MR) is 149 cm³/mol. The number of aliphatic hydroxyl groups excluding tert-OH is 1. The van der Waals surface area contributed by atoms with Gasteiger partial charge in [-0.2, -0.15) is 0 Å². The number of carbonyl (C=O) groups excluding carboxylic acids is 2.